The molecule has 1 aromatic carbocycles. The van der Waals surface area contributed by atoms with E-state index in [0.717, 1.165) is 25.0 Å². The molecule has 0 radical (unpaired) electrons. The predicted octanol–water partition coefficient (Wildman–Crippen LogP) is 2.64. The summed E-state index contributed by atoms with van der Waals surface area (Å²) in [4.78, 5) is 22.8. The fourth-order valence-electron chi connectivity index (χ4n) is 2.17. The Bertz CT molecular complexity index is 599. The van der Waals surface area contributed by atoms with Crippen LogP contribution < -0.4 is 10.1 Å². The molecule has 0 bridgehead atoms. The van der Waals surface area contributed by atoms with Crippen molar-refractivity contribution in [1.82, 2.24) is 5.32 Å². The number of rotatable bonds is 9. The van der Waals surface area contributed by atoms with Crippen LogP contribution in [0.4, 0.5) is 13.2 Å². The molecule has 0 saturated heterocycles. The minimum atomic E-state index is -4.81. The monoisotopic (exact) mass is 361 g/mol. The maximum absolute atomic E-state index is 12.2. The van der Waals surface area contributed by atoms with E-state index in [4.69, 9.17) is 9.84 Å². The molecule has 1 fully saturated rings. The van der Waals surface area contributed by atoms with Crippen molar-refractivity contribution in [2.24, 2.45) is 5.92 Å². The average molecular weight is 361 g/mol. The van der Waals surface area contributed by atoms with Crippen LogP contribution >= 0.6 is 0 Å². The van der Waals surface area contributed by atoms with Crippen molar-refractivity contribution in [3.63, 3.8) is 0 Å². The minimum absolute atomic E-state index is 0.193. The molecule has 25 heavy (non-hydrogen) atoms. The van der Waals surface area contributed by atoms with E-state index in [1.54, 1.807) is 0 Å². The smallest absolute Gasteiger partial charge is 0.481 e. The summed E-state index contributed by atoms with van der Waals surface area (Å²) in [5.74, 6) is -1.57. The Hall–Kier alpha value is -2.29. The van der Waals surface area contributed by atoms with Gasteiger partial charge in [0.1, 0.15) is 12.4 Å². The second-order valence-corrected chi connectivity index (χ2v) is 5.79. The Morgan fingerprint density at radius 2 is 1.88 bits per heavy atom. The Balaban J connectivity index is 1.95. The minimum Gasteiger partial charge on any atom is -0.481 e. The topological polar surface area (TPSA) is 84.9 Å². The van der Waals surface area contributed by atoms with Gasteiger partial charge in [0, 0.05) is 0 Å². The fourth-order valence-corrected chi connectivity index (χ4v) is 2.17. The Kier molecular flexibility index (Phi) is 6.24. The highest BCUT2D eigenvalue weighted by Gasteiger charge is 2.31. The maximum Gasteiger partial charge on any atom is 0.573 e. The zero-order valence-corrected chi connectivity index (χ0v) is 13.2. The number of aliphatic carboxylic acids is 1. The van der Waals surface area contributed by atoms with Gasteiger partial charge in [-0.15, -0.1) is 13.2 Å². The van der Waals surface area contributed by atoms with Crippen LogP contribution in [0.3, 0.4) is 0 Å². The number of carboxylic acids is 1. The first-order chi connectivity index (χ1) is 11.7. The summed E-state index contributed by atoms with van der Waals surface area (Å²) in [6.45, 7) is 0.294. The lowest BCUT2D eigenvalue weighted by Gasteiger charge is -2.18. The fraction of sp³-hybridized carbons (Fsp3) is 0.500. The van der Waals surface area contributed by atoms with Gasteiger partial charge in [0.25, 0.3) is 0 Å². The highest BCUT2D eigenvalue weighted by molar-refractivity contribution is 5.78. The first-order valence-electron chi connectivity index (χ1n) is 7.67. The van der Waals surface area contributed by atoms with E-state index in [9.17, 15) is 22.8 Å². The van der Waals surface area contributed by atoms with Crippen molar-refractivity contribution >= 4 is 11.9 Å². The molecule has 1 aliphatic rings. The van der Waals surface area contributed by atoms with Gasteiger partial charge in [-0.3, -0.25) is 9.59 Å². The average Bonchev–Trinajstić information content (AvgIpc) is 3.29. The second kappa shape index (κ2) is 8.19. The molecule has 2 N–H and O–H groups in total. The molecule has 2 rings (SSSR count). The number of carbonyl (C=O) groups excluding carboxylic acids is 1. The zero-order chi connectivity index (χ0) is 18.4. The molecule has 1 unspecified atom stereocenters. The van der Waals surface area contributed by atoms with Crippen molar-refractivity contribution < 1.29 is 37.3 Å². The number of carboxylic acid groups (broad SMARTS) is 1. The quantitative estimate of drug-likeness (QED) is 0.706. The molecule has 1 atom stereocenters. The highest BCUT2D eigenvalue weighted by Crippen LogP contribution is 2.29. The number of carbonyl (C=O) groups is 2. The molecule has 0 aliphatic heterocycles. The highest BCUT2D eigenvalue weighted by atomic mass is 19.4. The number of halogens is 3. The molecule has 9 heteroatoms. The van der Waals surface area contributed by atoms with E-state index >= 15 is 0 Å². The van der Waals surface area contributed by atoms with E-state index in [1.807, 2.05) is 0 Å². The van der Waals surface area contributed by atoms with Gasteiger partial charge in [-0.05, 0) is 36.5 Å². The van der Waals surface area contributed by atoms with Crippen molar-refractivity contribution in [2.75, 3.05) is 13.2 Å². The van der Waals surface area contributed by atoms with Crippen LogP contribution in [-0.2, 0) is 14.3 Å². The lowest BCUT2D eigenvalue weighted by atomic mass is 10.0. The number of ether oxygens (including phenoxy) is 2. The third-order valence-electron chi connectivity index (χ3n) is 3.51. The van der Waals surface area contributed by atoms with Gasteiger partial charge >= 0.3 is 12.3 Å². The van der Waals surface area contributed by atoms with Gasteiger partial charge in [-0.1, -0.05) is 12.1 Å². The standard InChI is InChI=1S/C16H18F3NO5/c17-16(18,19)25-12-5-3-11(4-6-12)13(7-15(22)23)20-14(21)9-24-8-10-1-2-10/h3-6,10,13H,1-2,7-9H2,(H,20,21)(H,22,23). The molecule has 6 nitrogen and oxygen atoms in total. The Labute approximate surface area is 141 Å². The van der Waals surface area contributed by atoms with Crippen molar-refractivity contribution in [3.8, 4) is 5.75 Å². The SMILES string of the molecule is O=C(O)CC(NC(=O)COCC1CC1)c1ccc(OC(F)(F)F)cc1. The number of amides is 1. The first-order valence-corrected chi connectivity index (χ1v) is 7.67. The lowest BCUT2D eigenvalue weighted by molar-refractivity contribution is -0.274. The van der Waals surface area contributed by atoms with Crippen molar-refractivity contribution in [3.05, 3.63) is 29.8 Å². The number of nitrogens with one attached hydrogen (secondary N) is 1. The van der Waals surface area contributed by atoms with Crippen molar-refractivity contribution in [1.29, 1.82) is 0 Å². The van der Waals surface area contributed by atoms with Crippen LogP contribution in [-0.4, -0.2) is 36.6 Å². The Morgan fingerprint density at radius 3 is 2.40 bits per heavy atom. The molecule has 0 heterocycles. The molecule has 1 amide bonds. The van der Waals surface area contributed by atoms with Gasteiger partial charge in [0.05, 0.1) is 19.1 Å². The second-order valence-electron chi connectivity index (χ2n) is 5.79. The van der Waals surface area contributed by atoms with Gasteiger partial charge in [-0.25, -0.2) is 0 Å². The van der Waals surface area contributed by atoms with Gasteiger partial charge in [0.15, 0.2) is 0 Å². The number of alkyl halides is 3. The van der Waals surface area contributed by atoms with Crippen molar-refractivity contribution in [2.45, 2.75) is 31.7 Å². The summed E-state index contributed by atoms with van der Waals surface area (Å²) in [7, 11) is 0. The maximum atomic E-state index is 12.2. The van der Waals surface area contributed by atoms with Crippen LogP contribution in [0.25, 0.3) is 0 Å². The molecular weight excluding hydrogens is 343 g/mol. The summed E-state index contributed by atoms with van der Waals surface area (Å²) >= 11 is 0. The third kappa shape index (κ3) is 7.42. The van der Waals surface area contributed by atoms with Gasteiger partial charge in [0.2, 0.25) is 5.91 Å². The normalized spacial score (nSPS) is 15.5. The summed E-state index contributed by atoms with van der Waals surface area (Å²) < 4.78 is 45.4. The largest absolute Gasteiger partial charge is 0.573 e. The predicted molar refractivity (Wildman–Crippen MR) is 79.8 cm³/mol. The molecule has 1 aliphatic carbocycles. The first kappa shape index (κ1) is 19.0. The van der Waals surface area contributed by atoms with Gasteiger partial charge < -0.3 is 19.9 Å². The third-order valence-corrected chi connectivity index (χ3v) is 3.51. The van der Waals surface area contributed by atoms with Crippen LogP contribution in [0.2, 0.25) is 0 Å². The lowest BCUT2D eigenvalue weighted by Crippen LogP contribution is -2.33. The van der Waals surface area contributed by atoms with E-state index in [2.05, 4.69) is 10.1 Å². The molecule has 0 spiro atoms. The van der Waals surface area contributed by atoms with Crippen LogP contribution in [0.5, 0.6) is 5.75 Å². The van der Waals surface area contributed by atoms with Crippen LogP contribution in [0.1, 0.15) is 30.9 Å². The summed E-state index contributed by atoms with van der Waals surface area (Å²) in [5, 5.41) is 11.5. The van der Waals surface area contributed by atoms with Crippen LogP contribution in [0.15, 0.2) is 24.3 Å². The molecule has 1 aromatic rings. The summed E-state index contributed by atoms with van der Waals surface area (Å²) in [6, 6.07) is 3.80. The van der Waals surface area contributed by atoms with E-state index in [1.165, 1.54) is 12.1 Å². The van der Waals surface area contributed by atoms with E-state index in [-0.39, 0.29) is 6.61 Å². The molecular formula is C16H18F3NO5. The molecule has 0 aromatic heterocycles. The molecule has 138 valence electrons. The van der Waals surface area contributed by atoms with E-state index in [0.29, 0.717) is 18.1 Å². The molecule has 1 saturated carbocycles. The van der Waals surface area contributed by atoms with E-state index < -0.39 is 36.5 Å². The Morgan fingerprint density at radius 1 is 1.24 bits per heavy atom. The number of hydrogen-bond donors (Lipinski definition) is 2. The van der Waals surface area contributed by atoms with Gasteiger partial charge in [-0.2, -0.15) is 0 Å². The van der Waals surface area contributed by atoms with Crippen LogP contribution in [0, 0.1) is 5.92 Å². The number of hydrogen-bond acceptors (Lipinski definition) is 4. The summed E-state index contributed by atoms with van der Waals surface area (Å²) in [6.07, 6.45) is -3.06. The summed E-state index contributed by atoms with van der Waals surface area (Å²) in [5.41, 5.74) is 0.354. The number of benzene rings is 1. The zero-order valence-electron chi connectivity index (χ0n) is 13.2.